The molecule has 0 fully saturated rings. The molecule has 2 rings (SSSR count). The zero-order chi connectivity index (χ0) is 17.5. The smallest absolute Gasteiger partial charge is 0.267 e. The van der Waals surface area contributed by atoms with Crippen LogP contribution in [0.15, 0.2) is 60.3 Å². The van der Waals surface area contributed by atoms with Gasteiger partial charge in [0, 0.05) is 22.6 Å². The van der Waals surface area contributed by atoms with E-state index in [1.54, 1.807) is 24.3 Å². The topological polar surface area (TPSA) is 64.9 Å². The molecule has 24 heavy (non-hydrogen) atoms. The molecule has 0 unspecified atom stereocenters. The number of halogens is 1. The van der Waals surface area contributed by atoms with Crippen molar-refractivity contribution in [3.63, 3.8) is 0 Å². The average molecular weight is 340 g/mol. The van der Waals surface area contributed by atoms with E-state index in [1.807, 2.05) is 30.3 Å². The van der Waals surface area contributed by atoms with Crippen molar-refractivity contribution >= 4 is 28.9 Å². The van der Waals surface area contributed by atoms with Crippen molar-refractivity contribution in [1.82, 2.24) is 0 Å². The number of nitriles is 1. The van der Waals surface area contributed by atoms with Crippen LogP contribution in [0, 0.1) is 11.3 Å². The van der Waals surface area contributed by atoms with Crippen LogP contribution in [-0.4, -0.2) is 5.91 Å². The molecule has 0 bridgehead atoms. The summed E-state index contributed by atoms with van der Waals surface area (Å²) >= 11 is 5.88. The lowest BCUT2D eigenvalue weighted by molar-refractivity contribution is -0.112. The maximum Gasteiger partial charge on any atom is 0.267 e. The molecular formula is C19H18ClN3O. The molecule has 5 heteroatoms. The van der Waals surface area contributed by atoms with Gasteiger partial charge in [-0.3, -0.25) is 4.79 Å². The average Bonchev–Trinajstić information content (AvgIpc) is 2.55. The third-order valence-electron chi connectivity index (χ3n) is 3.38. The molecule has 122 valence electrons. The molecule has 0 aromatic heterocycles. The van der Waals surface area contributed by atoms with Gasteiger partial charge in [-0.15, -0.1) is 0 Å². The van der Waals surface area contributed by atoms with Crippen LogP contribution in [0.5, 0.6) is 0 Å². The van der Waals surface area contributed by atoms with Crippen LogP contribution < -0.4 is 10.6 Å². The van der Waals surface area contributed by atoms with Gasteiger partial charge >= 0.3 is 0 Å². The van der Waals surface area contributed by atoms with Crippen molar-refractivity contribution in [1.29, 1.82) is 5.26 Å². The predicted molar refractivity (Wildman–Crippen MR) is 97.9 cm³/mol. The van der Waals surface area contributed by atoms with Gasteiger partial charge in [-0.25, -0.2) is 0 Å². The number of benzene rings is 2. The van der Waals surface area contributed by atoms with Crippen molar-refractivity contribution in [3.05, 3.63) is 70.9 Å². The number of amides is 1. The van der Waals surface area contributed by atoms with Crippen molar-refractivity contribution in [3.8, 4) is 6.07 Å². The van der Waals surface area contributed by atoms with E-state index in [4.69, 9.17) is 11.6 Å². The zero-order valence-corrected chi connectivity index (χ0v) is 14.3. The molecule has 0 aliphatic rings. The molecule has 4 nitrogen and oxygen atoms in total. The number of rotatable bonds is 5. The Hall–Kier alpha value is -2.77. The summed E-state index contributed by atoms with van der Waals surface area (Å²) in [6.07, 6.45) is 1.40. The molecular weight excluding hydrogens is 322 g/mol. The van der Waals surface area contributed by atoms with Crippen molar-refractivity contribution in [2.45, 2.75) is 19.8 Å². The van der Waals surface area contributed by atoms with Gasteiger partial charge in [0.15, 0.2) is 0 Å². The first-order valence-corrected chi connectivity index (χ1v) is 7.91. The van der Waals surface area contributed by atoms with E-state index in [1.165, 1.54) is 11.8 Å². The van der Waals surface area contributed by atoms with Crippen LogP contribution in [0.1, 0.15) is 25.3 Å². The normalized spacial score (nSPS) is 11.0. The standard InChI is InChI=1S/C19H18ClN3O/c1-13(2)14-5-3-7-17(9-14)22-12-15(11-21)19(24)23-18-8-4-6-16(20)10-18/h3-10,12-13,22H,1-2H3,(H,23,24). The Kier molecular flexibility index (Phi) is 6.00. The third-order valence-corrected chi connectivity index (χ3v) is 3.62. The Morgan fingerprint density at radius 3 is 2.54 bits per heavy atom. The molecule has 0 radical (unpaired) electrons. The molecule has 0 spiro atoms. The molecule has 2 aromatic rings. The lowest BCUT2D eigenvalue weighted by Gasteiger charge is -2.08. The third kappa shape index (κ3) is 4.87. The highest BCUT2D eigenvalue weighted by Crippen LogP contribution is 2.19. The summed E-state index contributed by atoms with van der Waals surface area (Å²) < 4.78 is 0. The number of anilines is 2. The lowest BCUT2D eigenvalue weighted by atomic mass is 10.0. The van der Waals surface area contributed by atoms with Crippen LogP contribution in [0.25, 0.3) is 0 Å². The number of nitrogens with one attached hydrogen (secondary N) is 2. The van der Waals surface area contributed by atoms with E-state index >= 15 is 0 Å². The minimum atomic E-state index is -0.493. The minimum Gasteiger partial charge on any atom is -0.360 e. The Morgan fingerprint density at radius 1 is 1.17 bits per heavy atom. The van der Waals surface area contributed by atoms with E-state index in [2.05, 4.69) is 24.5 Å². The Bertz CT molecular complexity index is 806. The second-order valence-corrected chi connectivity index (χ2v) is 6.00. The van der Waals surface area contributed by atoms with Gasteiger partial charge in [-0.1, -0.05) is 43.6 Å². The molecule has 2 aromatic carbocycles. The summed E-state index contributed by atoms with van der Waals surface area (Å²) in [5, 5.41) is 15.4. The van der Waals surface area contributed by atoms with Crippen LogP contribution in [0.2, 0.25) is 5.02 Å². The predicted octanol–water partition coefficient (Wildman–Crippen LogP) is 4.92. The fourth-order valence-electron chi connectivity index (χ4n) is 2.06. The Balaban J connectivity index is 2.10. The number of hydrogen-bond acceptors (Lipinski definition) is 3. The van der Waals surface area contributed by atoms with Crippen molar-refractivity contribution in [2.24, 2.45) is 0 Å². The maximum absolute atomic E-state index is 12.2. The molecule has 0 aliphatic heterocycles. The largest absolute Gasteiger partial charge is 0.360 e. The summed E-state index contributed by atoms with van der Waals surface area (Å²) in [5.41, 5.74) is 2.51. The first-order chi connectivity index (χ1) is 11.5. The highest BCUT2D eigenvalue weighted by molar-refractivity contribution is 6.31. The highest BCUT2D eigenvalue weighted by atomic mass is 35.5. The van der Waals surface area contributed by atoms with E-state index in [9.17, 15) is 10.1 Å². The van der Waals surface area contributed by atoms with Crippen LogP contribution >= 0.6 is 11.6 Å². The molecule has 1 amide bonds. The van der Waals surface area contributed by atoms with Crippen LogP contribution in [-0.2, 0) is 4.79 Å². The summed E-state index contributed by atoms with van der Waals surface area (Å²) in [6.45, 7) is 4.21. The van der Waals surface area contributed by atoms with Crippen LogP contribution in [0.4, 0.5) is 11.4 Å². The fourth-order valence-corrected chi connectivity index (χ4v) is 2.25. The summed E-state index contributed by atoms with van der Waals surface area (Å²) in [6, 6.07) is 16.5. The SMILES string of the molecule is CC(C)c1cccc(NC=C(C#N)C(=O)Nc2cccc(Cl)c2)c1. The summed E-state index contributed by atoms with van der Waals surface area (Å²) in [5.74, 6) is -0.0930. The Morgan fingerprint density at radius 2 is 1.88 bits per heavy atom. The van der Waals surface area contributed by atoms with Gasteiger partial charge in [-0.05, 0) is 41.8 Å². The number of carbonyl (C=O) groups is 1. The number of carbonyl (C=O) groups excluding carboxylic acids is 1. The minimum absolute atomic E-state index is 0.0232. The van der Waals surface area contributed by atoms with Gasteiger partial charge in [0.1, 0.15) is 11.6 Å². The molecule has 2 N–H and O–H groups in total. The van der Waals surface area contributed by atoms with Crippen LogP contribution in [0.3, 0.4) is 0 Å². The van der Waals surface area contributed by atoms with Gasteiger partial charge in [-0.2, -0.15) is 5.26 Å². The highest BCUT2D eigenvalue weighted by Gasteiger charge is 2.09. The van der Waals surface area contributed by atoms with Crippen molar-refractivity contribution < 1.29 is 4.79 Å². The quantitative estimate of drug-likeness (QED) is 0.600. The van der Waals surface area contributed by atoms with E-state index in [0.717, 1.165) is 5.69 Å². The summed E-state index contributed by atoms with van der Waals surface area (Å²) in [7, 11) is 0. The molecule has 0 saturated heterocycles. The fraction of sp³-hybridized carbons (Fsp3) is 0.158. The maximum atomic E-state index is 12.2. The molecule has 0 heterocycles. The zero-order valence-electron chi connectivity index (χ0n) is 13.5. The lowest BCUT2D eigenvalue weighted by Crippen LogP contribution is -2.14. The Labute approximate surface area is 146 Å². The van der Waals surface area contributed by atoms with E-state index in [0.29, 0.717) is 16.6 Å². The van der Waals surface area contributed by atoms with E-state index in [-0.39, 0.29) is 5.57 Å². The van der Waals surface area contributed by atoms with Gasteiger partial charge in [0.05, 0.1) is 0 Å². The summed E-state index contributed by atoms with van der Waals surface area (Å²) in [4.78, 5) is 12.2. The monoisotopic (exact) mass is 339 g/mol. The first-order valence-electron chi connectivity index (χ1n) is 7.53. The molecule has 0 aliphatic carbocycles. The number of nitrogens with zero attached hydrogens (tertiary/aromatic N) is 1. The second kappa shape index (κ2) is 8.19. The van der Waals surface area contributed by atoms with Crippen molar-refractivity contribution in [2.75, 3.05) is 10.6 Å². The number of hydrogen-bond donors (Lipinski definition) is 2. The molecule has 0 saturated carbocycles. The first kappa shape index (κ1) is 17.6. The van der Waals surface area contributed by atoms with E-state index < -0.39 is 5.91 Å². The van der Waals surface area contributed by atoms with Gasteiger partial charge < -0.3 is 10.6 Å². The van der Waals surface area contributed by atoms with Gasteiger partial charge in [0.25, 0.3) is 5.91 Å². The second-order valence-electron chi connectivity index (χ2n) is 5.56. The molecule has 0 atom stereocenters. The van der Waals surface area contributed by atoms with Gasteiger partial charge in [0.2, 0.25) is 0 Å².